The van der Waals surface area contributed by atoms with E-state index in [1.807, 2.05) is 0 Å². The highest BCUT2D eigenvalue weighted by molar-refractivity contribution is 5.85. The van der Waals surface area contributed by atoms with E-state index in [0.29, 0.717) is 0 Å². The summed E-state index contributed by atoms with van der Waals surface area (Å²) in [7, 11) is 0. The summed E-state index contributed by atoms with van der Waals surface area (Å²) >= 11 is 0. The molecule has 0 bridgehead atoms. The fourth-order valence-corrected chi connectivity index (χ4v) is 1.61. The number of carboxylic acids is 1. The van der Waals surface area contributed by atoms with Gasteiger partial charge in [0.05, 0.1) is 13.2 Å². The fraction of sp³-hybridized carbons (Fsp3) is 0.818. The average Bonchev–Trinajstić information content (AvgIpc) is 2.06. The number of carboxylic acid groups (broad SMARTS) is 1. The molecular weight excluding hydrogens is 226 g/mol. The lowest BCUT2D eigenvalue weighted by atomic mass is 9.95. The van der Waals surface area contributed by atoms with Crippen molar-refractivity contribution in [3.05, 3.63) is 0 Å². The van der Waals surface area contributed by atoms with Crippen molar-refractivity contribution in [3.8, 4) is 0 Å². The number of amides is 1. The minimum atomic E-state index is -1.27. The van der Waals surface area contributed by atoms with Crippen LogP contribution in [0.2, 0.25) is 0 Å². The fourth-order valence-electron chi connectivity index (χ4n) is 1.61. The second-order valence-corrected chi connectivity index (χ2v) is 5.05. The molecule has 0 radical (unpaired) electrons. The van der Waals surface area contributed by atoms with E-state index in [2.05, 4.69) is 0 Å². The van der Waals surface area contributed by atoms with Crippen LogP contribution in [-0.4, -0.2) is 53.0 Å². The van der Waals surface area contributed by atoms with Crippen LogP contribution in [0.3, 0.4) is 0 Å². The molecule has 1 N–H and O–H groups in total. The molecule has 1 fully saturated rings. The van der Waals surface area contributed by atoms with Crippen LogP contribution in [0, 0.1) is 0 Å². The van der Waals surface area contributed by atoms with E-state index in [9.17, 15) is 14.7 Å². The zero-order chi connectivity index (χ0) is 13.3. The van der Waals surface area contributed by atoms with E-state index in [0.717, 1.165) is 0 Å². The maximum atomic E-state index is 11.9. The maximum absolute atomic E-state index is 11.9. The van der Waals surface area contributed by atoms with Gasteiger partial charge in [0.15, 0.2) is 5.54 Å². The molecule has 0 aliphatic carbocycles. The Morgan fingerprint density at radius 1 is 1.41 bits per heavy atom. The molecule has 0 unspecified atom stereocenters. The number of aliphatic carboxylic acids is 1. The van der Waals surface area contributed by atoms with Gasteiger partial charge in [-0.05, 0) is 27.7 Å². The van der Waals surface area contributed by atoms with Crippen molar-refractivity contribution in [2.75, 3.05) is 19.8 Å². The zero-order valence-corrected chi connectivity index (χ0v) is 10.6. The monoisotopic (exact) mass is 245 g/mol. The molecule has 0 aromatic carbocycles. The molecule has 6 nitrogen and oxygen atoms in total. The van der Waals surface area contributed by atoms with Gasteiger partial charge in [-0.1, -0.05) is 0 Å². The first-order chi connectivity index (χ1) is 7.73. The molecule has 1 heterocycles. The van der Waals surface area contributed by atoms with Gasteiger partial charge in [0.1, 0.15) is 5.60 Å². The van der Waals surface area contributed by atoms with Gasteiger partial charge >= 0.3 is 12.1 Å². The van der Waals surface area contributed by atoms with Crippen molar-refractivity contribution in [1.82, 2.24) is 4.90 Å². The molecule has 1 aliphatic heterocycles. The van der Waals surface area contributed by atoms with Gasteiger partial charge < -0.3 is 14.6 Å². The van der Waals surface area contributed by atoms with E-state index in [1.54, 1.807) is 27.7 Å². The minimum absolute atomic E-state index is 0.00934. The number of ether oxygens (including phenoxy) is 2. The van der Waals surface area contributed by atoms with E-state index >= 15 is 0 Å². The molecule has 6 heteroatoms. The van der Waals surface area contributed by atoms with Gasteiger partial charge in [0.25, 0.3) is 0 Å². The van der Waals surface area contributed by atoms with Crippen LogP contribution in [0.4, 0.5) is 4.79 Å². The van der Waals surface area contributed by atoms with Gasteiger partial charge in [0, 0.05) is 6.54 Å². The summed E-state index contributed by atoms with van der Waals surface area (Å²) in [6, 6.07) is 0. The molecule has 0 atom stereocenters. The Hall–Kier alpha value is -1.30. The minimum Gasteiger partial charge on any atom is -0.479 e. The van der Waals surface area contributed by atoms with Gasteiger partial charge in [-0.15, -0.1) is 0 Å². The first kappa shape index (κ1) is 13.8. The van der Waals surface area contributed by atoms with Crippen molar-refractivity contribution in [3.63, 3.8) is 0 Å². The molecule has 1 amide bonds. The number of nitrogens with zero attached hydrogens (tertiary/aromatic N) is 1. The van der Waals surface area contributed by atoms with Crippen molar-refractivity contribution in [2.45, 2.75) is 38.8 Å². The molecule has 1 aliphatic rings. The lowest BCUT2D eigenvalue weighted by Crippen LogP contribution is -2.68. The Morgan fingerprint density at radius 2 is 1.94 bits per heavy atom. The van der Waals surface area contributed by atoms with Crippen molar-refractivity contribution >= 4 is 12.1 Å². The van der Waals surface area contributed by atoms with Crippen LogP contribution in [0.5, 0.6) is 0 Å². The molecule has 1 saturated heterocycles. The molecule has 0 saturated carbocycles. The highest BCUT2D eigenvalue weighted by Gasteiger charge is 2.53. The van der Waals surface area contributed by atoms with Crippen molar-refractivity contribution < 1.29 is 24.2 Å². The first-order valence-electron chi connectivity index (χ1n) is 5.55. The lowest BCUT2D eigenvalue weighted by Gasteiger charge is -2.45. The van der Waals surface area contributed by atoms with Crippen LogP contribution in [-0.2, 0) is 14.3 Å². The first-order valence-corrected chi connectivity index (χ1v) is 5.55. The Balaban J connectivity index is 2.84. The topological polar surface area (TPSA) is 76.1 Å². The standard InChI is InChI=1S/C11H19NO5/c1-5-12(9(15)17-10(2,3)4)11(8(13)14)6-16-7-11/h5-7H2,1-4H3,(H,13,14). The summed E-state index contributed by atoms with van der Waals surface area (Å²) in [6.45, 7) is 7.22. The second-order valence-electron chi connectivity index (χ2n) is 5.05. The predicted octanol–water partition coefficient (Wildman–Crippen LogP) is 1.10. The largest absolute Gasteiger partial charge is 0.479 e. The number of carbonyl (C=O) groups is 2. The number of rotatable bonds is 3. The number of carbonyl (C=O) groups excluding carboxylic acids is 1. The van der Waals surface area contributed by atoms with Gasteiger partial charge in [-0.2, -0.15) is 0 Å². The summed E-state index contributed by atoms with van der Waals surface area (Å²) in [5.41, 5.74) is -1.91. The van der Waals surface area contributed by atoms with Crippen LogP contribution in [0.1, 0.15) is 27.7 Å². The highest BCUT2D eigenvalue weighted by Crippen LogP contribution is 2.27. The van der Waals surface area contributed by atoms with Crippen molar-refractivity contribution in [1.29, 1.82) is 0 Å². The maximum Gasteiger partial charge on any atom is 0.411 e. The van der Waals surface area contributed by atoms with Crippen LogP contribution >= 0.6 is 0 Å². The summed E-state index contributed by atoms with van der Waals surface area (Å²) in [4.78, 5) is 24.4. The van der Waals surface area contributed by atoms with Gasteiger partial charge in [-0.25, -0.2) is 9.59 Å². The Morgan fingerprint density at radius 3 is 2.18 bits per heavy atom. The summed E-state index contributed by atoms with van der Waals surface area (Å²) in [6.07, 6.45) is -0.620. The van der Waals surface area contributed by atoms with E-state index in [4.69, 9.17) is 9.47 Å². The normalized spacial score (nSPS) is 18.1. The van der Waals surface area contributed by atoms with Crippen LogP contribution in [0.25, 0.3) is 0 Å². The highest BCUT2D eigenvalue weighted by atomic mass is 16.6. The Bertz CT molecular complexity index is 316. The number of hydrogen-bond acceptors (Lipinski definition) is 4. The second kappa shape index (κ2) is 4.52. The summed E-state index contributed by atoms with van der Waals surface area (Å²) in [5, 5.41) is 9.20. The third-order valence-electron chi connectivity index (χ3n) is 2.53. The zero-order valence-electron chi connectivity index (χ0n) is 10.6. The van der Waals surface area contributed by atoms with Crippen LogP contribution < -0.4 is 0 Å². The Labute approximate surface area is 100 Å². The molecule has 1 rings (SSSR count). The number of likely N-dealkylation sites (N-methyl/N-ethyl adjacent to an activating group) is 1. The summed E-state index contributed by atoms with van der Waals surface area (Å²) in [5.74, 6) is -1.06. The lowest BCUT2D eigenvalue weighted by molar-refractivity contribution is -0.184. The predicted molar refractivity (Wildman–Crippen MR) is 59.8 cm³/mol. The molecule has 0 spiro atoms. The SMILES string of the molecule is CCN(C(=O)OC(C)(C)C)C1(C(=O)O)COC1. The molecular formula is C11H19NO5. The number of hydrogen-bond donors (Lipinski definition) is 1. The van der Waals surface area contributed by atoms with Crippen LogP contribution in [0.15, 0.2) is 0 Å². The molecule has 17 heavy (non-hydrogen) atoms. The smallest absolute Gasteiger partial charge is 0.411 e. The van der Waals surface area contributed by atoms with Gasteiger partial charge in [0.2, 0.25) is 0 Å². The molecule has 98 valence electrons. The van der Waals surface area contributed by atoms with E-state index in [-0.39, 0.29) is 19.8 Å². The van der Waals surface area contributed by atoms with E-state index in [1.165, 1.54) is 4.90 Å². The third-order valence-corrected chi connectivity index (χ3v) is 2.53. The van der Waals surface area contributed by atoms with E-state index < -0.39 is 23.2 Å². The molecule has 0 aromatic heterocycles. The average molecular weight is 245 g/mol. The third kappa shape index (κ3) is 2.69. The quantitative estimate of drug-likeness (QED) is 0.805. The molecule has 0 aromatic rings. The van der Waals surface area contributed by atoms with Gasteiger partial charge in [-0.3, -0.25) is 4.90 Å². The van der Waals surface area contributed by atoms with Crippen molar-refractivity contribution in [2.24, 2.45) is 0 Å². The Kier molecular flexibility index (Phi) is 3.66. The summed E-state index contributed by atoms with van der Waals surface area (Å²) < 4.78 is 10.1.